The predicted octanol–water partition coefficient (Wildman–Crippen LogP) is 3.00. The number of hydrogen-bond acceptors (Lipinski definition) is 9. The van der Waals surface area contributed by atoms with Crippen molar-refractivity contribution in [2.45, 2.75) is 4.34 Å². The number of carbonyl (C=O) groups excluding carboxylic acids is 1. The number of carbonyl (C=O) groups is 1. The van der Waals surface area contributed by atoms with Crippen LogP contribution in [0.2, 0.25) is 0 Å². The highest BCUT2D eigenvalue weighted by molar-refractivity contribution is 8.16. The number of thiazole rings is 2. The van der Waals surface area contributed by atoms with E-state index < -0.39 is 12.2 Å². The number of para-hydroxylation sites is 1. The number of anilines is 1. The molecule has 0 unspecified atom stereocenters. The van der Waals surface area contributed by atoms with E-state index in [2.05, 4.69) is 20.0 Å². The minimum atomic E-state index is -2.77. The standard InChI is InChI=1S/C13H10N4O2S3/c1-19-17-10(8-6-20-12(14)15-8)11(18)22-13-16-7-4-2-3-5-9(7)21-13/h2-6H,1H3,(H2,14,15)/b17-10-/i1D3. The Balaban J connectivity index is 1.88. The summed E-state index contributed by atoms with van der Waals surface area (Å²) in [6.07, 6.45) is 0. The lowest BCUT2D eigenvalue weighted by Gasteiger charge is -1.99. The Bertz CT molecular complexity index is 918. The number of aromatic nitrogens is 2. The zero-order valence-corrected chi connectivity index (χ0v) is 13.3. The summed E-state index contributed by atoms with van der Waals surface area (Å²) >= 11 is 3.29. The van der Waals surface area contributed by atoms with Crippen molar-refractivity contribution < 1.29 is 13.7 Å². The van der Waals surface area contributed by atoms with Gasteiger partial charge in [0.15, 0.2) is 15.2 Å². The molecule has 0 bridgehead atoms. The van der Waals surface area contributed by atoms with Crippen molar-refractivity contribution in [2.75, 3.05) is 12.8 Å². The molecule has 0 aliphatic carbocycles. The van der Waals surface area contributed by atoms with Gasteiger partial charge in [0.1, 0.15) is 12.7 Å². The molecule has 0 fully saturated rings. The predicted molar refractivity (Wildman–Crippen MR) is 90.6 cm³/mol. The average molecular weight is 353 g/mol. The van der Waals surface area contributed by atoms with E-state index in [0.29, 0.717) is 4.34 Å². The van der Waals surface area contributed by atoms with Gasteiger partial charge in [0.05, 0.1) is 14.3 Å². The van der Waals surface area contributed by atoms with Gasteiger partial charge >= 0.3 is 0 Å². The molecule has 0 saturated carbocycles. The lowest BCUT2D eigenvalue weighted by Crippen LogP contribution is -2.13. The van der Waals surface area contributed by atoms with Crippen molar-refractivity contribution in [2.24, 2.45) is 5.16 Å². The molecule has 6 nitrogen and oxygen atoms in total. The highest BCUT2D eigenvalue weighted by atomic mass is 32.2. The molecule has 2 aromatic heterocycles. The van der Waals surface area contributed by atoms with Crippen LogP contribution in [0.5, 0.6) is 0 Å². The summed E-state index contributed by atoms with van der Waals surface area (Å²) in [6.45, 7) is 0. The van der Waals surface area contributed by atoms with Crippen LogP contribution < -0.4 is 5.73 Å². The van der Waals surface area contributed by atoms with Crippen LogP contribution >= 0.6 is 34.4 Å². The summed E-state index contributed by atoms with van der Waals surface area (Å²) in [7, 11) is -2.77. The summed E-state index contributed by atoms with van der Waals surface area (Å²) in [4.78, 5) is 25.3. The fourth-order valence-corrected chi connectivity index (χ4v) is 4.10. The summed E-state index contributed by atoms with van der Waals surface area (Å²) < 4.78 is 22.6. The Hall–Kier alpha value is -1.97. The summed E-state index contributed by atoms with van der Waals surface area (Å²) in [5.74, 6) is 0. The molecule has 2 N–H and O–H groups in total. The first-order valence-corrected chi connectivity index (χ1v) is 8.38. The third-order valence-corrected chi connectivity index (χ3v) is 5.20. The first-order chi connectivity index (χ1) is 11.8. The Labute approximate surface area is 142 Å². The van der Waals surface area contributed by atoms with Crippen LogP contribution in [0.15, 0.2) is 39.1 Å². The van der Waals surface area contributed by atoms with E-state index in [1.165, 1.54) is 16.7 Å². The van der Waals surface area contributed by atoms with Crippen LogP contribution in [0, 0.1) is 0 Å². The molecular weight excluding hydrogens is 340 g/mol. The van der Waals surface area contributed by atoms with Crippen molar-refractivity contribution in [3.05, 3.63) is 35.3 Å². The van der Waals surface area contributed by atoms with Crippen molar-refractivity contribution in [3.8, 4) is 0 Å². The number of oxime groups is 1. The van der Waals surface area contributed by atoms with Crippen molar-refractivity contribution in [3.63, 3.8) is 0 Å². The van der Waals surface area contributed by atoms with Crippen molar-refractivity contribution >= 4 is 60.6 Å². The lowest BCUT2D eigenvalue weighted by molar-refractivity contribution is -0.105. The van der Waals surface area contributed by atoms with E-state index in [9.17, 15) is 4.79 Å². The Kier molecular flexibility index (Phi) is 3.38. The van der Waals surface area contributed by atoms with Gasteiger partial charge in [0, 0.05) is 5.38 Å². The van der Waals surface area contributed by atoms with Crippen LogP contribution in [-0.2, 0) is 9.63 Å². The van der Waals surface area contributed by atoms with Gasteiger partial charge in [-0.25, -0.2) is 9.97 Å². The van der Waals surface area contributed by atoms with Gasteiger partial charge in [0.2, 0.25) is 5.12 Å². The molecule has 0 saturated heterocycles. The van der Waals surface area contributed by atoms with Crippen LogP contribution in [-0.4, -0.2) is 27.8 Å². The molecule has 3 aromatic rings. The molecule has 0 spiro atoms. The van der Waals surface area contributed by atoms with Crippen LogP contribution in [0.1, 0.15) is 9.81 Å². The van der Waals surface area contributed by atoms with Gasteiger partial charge in [-0.1, -0.05) is 17.3 Å². The number of fused-ring (bicyclic) bond motifs is 1. The number of thioether (sulfide) groups is 1. The third kappa shape index (κ3) is 3.11. The quantitative estimate of drug-likeness (QED) is 0.440. The van der Waals surface area contributed by atoms with Gasteiger partial charge in [-0.15, -0.1) is 22.7 Å². The normalized spacial score (nSPS) is 14.4. The second-order valence-electron chi connectivity index (χ2n) is 3.94. The van der Waals surface area contributed by atoms with Gasteiger partial charge in [-0.3, -0.25) is 4.79 Å². The van der Waals surface area contributed by atoms with E-state index in [1.807, 2.05) is 24.3 Å². The minimum absolute atomic E-state index is 0.158. The third-order valence-electron chi connectivity index (χ3n) is 2.55. The smallest absolute Gasteiger partial charge is 0.250 e. The van der Waals surface area contributed by atoms with Crippen molar-refractivity contribution in [1.29, 1.82) is 0 Å². The van der Waals surface area contributed by atoms with Gasteiger partial charge in [-0.05, 0) is 23.9 Å². The SMILES string of the molecule is [2H]C([2H])([2H])O/N=C(\C(=O)Sc1nc2ccccc2s1)c1csc(N)n1. The number of benzene rings is 1. The van der Waals surface area contributed by atoms with E-state index in [0.717, 1.165) is 33.3 Å². The lowest BCUT2D eigenvalue weighted by atomic mass is 10.3. The summed E-state index contributed by atoms with van der Waals surface area (Å²) in [5.41, 5.74) is 6.28. The van der Waals surface area contributed by atoms with Gasteiger partial charge in [-0.2, -0.15) is 0 Å². The molecule has 0 aliphatic rings. The van der Waals surface area contributed by atoms with Gasteiger partial charge < -0.3 is 10.6 Å². The molecule has 0 radical (unpaired) electrons. The molecule has 0 atom stereocenters. The van der Waals surface area contributed by atoms with E-state index in [-0.39, 0.29) is 16.5 Å². The molecule has 112 valence electrons. The maximum Gasteiger partial charge on any atom is 0.250 e. The first-order valence-electron chi connectivity index (χ1n) is 7.37. The molecular formula is C13H10N4O2S3. The maximum absolute atomic E-state index is 12.6. The minimum Gasteiger partial charge on any atom is -0.398 e. The molecule has 0 aliphatic heterocycles. The van der Waals surface area contributed by atoms with Gasteiger partial charge in [0.25, 0.3) is 0 Å². The van der Waals surface area contributed by atoms with E-state index in [1.54, 1.807) is 0 Å². The average Bonchev–Trinajstić information content (AvgIpc) is 3.12. The molecule has 9 heteroatoms. The molecule has 3 rings (SSSR count). The number of nitrogen functional groups attached to an aromatic ring is 1. The molecule has 2 heterocycles. The fraction of sp³-hybridized carbons (Fsp3) is 0.0769. The van der Waals surface area contributed by atoms with E-state index in [4.69, 9.17) is 9.85 Å². The van der Waals surface area contributed by atoms with Crippen LogP contribution in [0.25, 0.3) is 10.2 Å². The first kappa shape index (κ1) is 11.6. The highest BCUT2D eigenvalue weighted by Gasteiger charge is 2.21. The van der Waals surface area contributed by atoms with Crippen molar-refractivity contribution in [1.82, 2.24) is 9.97 Å². The number of nitrogens with zero attached hydrogens (tertiary/aromatic N) is 3. The fourth-order valence-electron chi connectivity index (χ4n) is 1.65. The van der Waals surface area contributed by atoms with Crippen LogP contribution in [0.3, 0.4) is 0 Å². The number of hydrogen-bond donors (Lipinski definition) is 1. The zero-order chi connectivity index (χ0) is 18.0. The summed E-state index contributed by atoms with van der Waals surface area (Å²) in [5, 5.41) is 4.68. The molecule has 22 heavy (non-hydrogen) atoms. The molecule has 1 aromatic carbocycles. The topological polar surface area (TPSA) is 90.5 Å². The van der Waals surface area contributed by atoms with E-state index >= 15 is 0 Å². The largest absolute Gasteiger partial charge is 0.398 e. The second-order valence-corrected chi connectivity index (χ2v) is 7.08. The Morgan fingerprint density at radius 1 is 1.45 bits per heavy atom. The molecule has 0 amide bonds. The highest BCUT2D eigenvalue weighted by Crippen LogP contribution is 2.30. The summed E-state index contributed by atoms with van der Waals surface area (Å²) in [6, 6.07) is 7.48. The number of rotatable bonds is 4. The maximum atomic E-state index is 12.6. The second kappa shape index (κ2) is 6.42. The number of nitrogens with two attached hydrogens (primary N) is 1. The Morgan fingerprint density at radius 3 is 3.05 bits per heavy atom. The van der Waals surface area contributed by atoms with Crippen LogP contribution in [0.4, 0.5) is 5.13 Å². The monoisotopic (exact) mass is 353 g/mol. The zero-order valence-electron chi connectivity index (χ0n) is 13.8. The Morgan fingerprint density at radius 2 is 2.32 bits per heavy atom.